The van der Waals surface area contributed by atoms with Gasteiger partial charge in [0.1, 0.15) is 0 Å². The lowest BCUT2D eigenvalue weighted by molar-refractivity contribution is -0.124. The van der Waals surface area contributed by atoms with E-state index in [4.69, 9.17) is 4.74 Å². The summed E-state index contributed by atoms with van der Waals surface area (Å²) in [5, 5.41) is 2.79. The fourth-order valence-corrected chi connectivity index (χ4v) is 3.31. The smallest absolute Gasteiger partial charge is 0.338 e. The van der Waals surface area contributed by atoms with Crippen molar-refractivity contribution in [1.29, 1.82) is 0 Å². The first-order valence-electron chi connectivity index (χ1n) is 7.89. The molecule has 1 aromatic rings. The summed E-state index contributed by atoms with van der Waals surface area (Å²) in [5.41, 5.74) is 0.188. The van der Waals surface area contributed by atoms with Gasteiger partial charge in [0, 0.05) is 12.6 Å². The van der Waals surface area contributed by atoms with Crippen molar-refractivity contribution in [2.45, 2.75) is 37.6 Å². The van der Waals surface area contributed by atoms with Gasteiger partial charge in [-0.2, -0.15) is 0 Å². The largest absolute Gasteiger partial charge is 0.452 e. The molecule has 0 radical (unpaired) electrons. The lowest BCUT2D eigenvalue weighted by Crippen LogP contribution is -2.37. The summed E-state index contributed by atoms with van der Waals surface area (Å²) in [6, 6.07) is 5.45. The number of benzene rings is 1. The summed E-state index contributed by atoms with van der Waals surface area (Å²) in [7, 11) is -3.56. The molecule has 132 valence electrons. The zero-order chi connectivity index (χ0) is 17.7. The van der Waals surface area contributed by atoms with Crippen LogP contribution in [-0.4, -0.2) is 39.5 Å². The van der Waals surface area contributed by atoms with Crippen LogP contribution in [0.15, 0.2) is 29.2 Å². The Balaban J connectivity index is 1.87. The van der Waals surface area contributed by atoms with Crippen molar-refractivity contribution >= 4 is 21.9 Å². The Kier molecular flexibility index (Phi) is 5.95. The Bertz CT molecular complexity index is 696. The third-order valence-electron chi connectivity index (χ3n) is 3.79. The van der Waals surface area contributed by atoms with E-state index in [2.05, 4.69) is 10.0 Å². The molecule has 1 aromatic carbocycles. The highest BCUT2D eigenvalue weighted by Crippen LogP contribution is 2.32. The third kappa shape index (κ3) is 5.04. The predicted molar refractivity (Wildman–Crippen MR) is 87.9 cm³/mol. The average Bonchev–Trinajstić information content (AvgIpc) is 3.37. The van der Waals surface area contributed by atoms with E-state index >= 15 is 0 Å². The average molecular weight is 354 g/mol. The first kappa shape index (κ1) is 18.4. The van der Waals surface area contributed by atoms with E-state index in [1.807, 2.05) is 6.92 Å². The monoisotopic (exact) mass is 354 g/mol. The molecule has 7 nitrogen and oxygen atoms in total. The van der Waals surface area contributed by atoms with Crippen molar-refractivity contribution < 1.29 is 22.7 Å². The molecular weight excluding hydrogens is 332 g/mol. The third-order valence-corrected chi connectivity index (χ3v) is 5.35. The molecular formula is C16H22N2O5S. The van der Waals surface area contributed by atoms with Gasteiger partial charge in [0.15, 0.2) is 6.61 Å². The zero-order valence-corrected chi connectivity index (χ0v) is 14.6. The van der Waals surface area contributed by atoms with E-state index in [1.54, 1.807) is 6.92 Å². The molecule has 0 aromatic heterocycles. The second-order valence-electron chi connectivity index (χ2n) is 5.80. The van der Waals surface area contributed by atoms with Gasteiger partial charge in [-0.1, -0.05) is 6.92 Å². The molecule has 24 heavy (non-hydrogen) atoms. The Morgan fingerprint density at radius 2 is 1.88 bits per heavy atom. The SMILES string of the molecule is CCNS(=O)(=O)c1ccc(C(=O)OCC(=O)N[C@@H](C)C2CC2)cc1. The molecule has 0 bridgehead atoms. The van der Waals surface area contributed by atoms with Crippen LogP contribution in [-0.2, 0) is 19.6 Å². The molecule has 1 fully saturated rings. The molecule has 0 spiro atoms. The normalized spacial score (nSPS) is 15.6. The number of hydrogen-bond acceptors (Lipinski definition) is 5. The number of ether oxygens (including phenoxy) is 1. The first-order chi connectivity index (χ1) is 11.3. The lowest BCUT2D eigenvalue weighted by atomic mass is 10.2. The van der Waals surface area contributed by atoms with E-state index in [1.165, 1.54) is 24.3 Å². The zero-order valence-electron chi connectivity index (χ0n) is 13.7. The van der Waals surface area contributed by atoms with E-state index in [0.29, 0.717) is 5.92 Å². The van der Waals surface area contributed by atoms with Crippen LogP contribution < -0.4 is 10.0 Å². The van der Waals surface area contributed by atoms with E-state index in [0.717, 1.165) is 12.8 Å². The van der Waals surface area contributed by atoms with Crippen LogP contribution in [0, 0.1) is 5.92 Å². The van der Waals surface area contributed by atoms with Gasteiger partial charge in [0.2, 0.25) is 10.0 Å². The molecule has 8 heteroatoms. The summed E-state index contributed by atoms with van der Waals surface area (Å²) in [6.45, 7) is 3.53. The number of sulfonamides is 1. The van der Waals surface area contributed by atoms with E-state index in [9.17, 15) is 18.0 Å². The molecule has 0 aliphatic heterocycles. The standard InChI is InChI=1S/C16H22N2O5S/c1-3-17-24(21,22)14-8-6-13(7-9-14)16(20)23-10-15(19)18-11(2)12-4-5-12/h6-9,11-12,17H,3-5,10H2,1-2H3,(H,18,19)/t11-/m0/s1. The van der Waals surface area contributed by atoms with Crippen LogP contribution >= 0.6 is 0 Å². The fraction of sp³-hybridized carbons (Fsp3) is 0.500. The van der Waals surface area contributed by atoms with Crippen molar-refractivity contribution in [1.82, 2.24) is 10.0 Å². The van der Waals surface area contributed by atoms with Crippen LogP contribution in [0.4, 0.5) is 0 Å². The molecule has 1 aliphatic rings. The molecule has 0 unspecified atom stereocenters. The van der Waals surface area contributed by atoms with Gasteiger partial charge in [-0.3, -0.25) is 4.79 Å². The Morgan fingerprint density at radius 3 is 2.42 bits per heavy atom. The molecule has 2 N–H and O–H groups in total. The Morgan fingerprint density at radius 1 is 1.25 bits per heavy atom. The van der Waals surface area contributed by atoms with Crippen molar-refractivity contribution in [2.24, 2.45) is 5.92 Å². The van der Waals surface area contributed by atoms with Crippen LogP contribution in [0.1, 0.15) is 37.0 Å². The van der Waals surface area contributed by atoms with Gasteiger partial charge in [0.25, 0.3) is 5.91 Å². The van der Waals surface area contributed by atoms with Crippen molar-refractivity contribution in [3.8, 4) is 0 Å². The Labute approximate surface area is 141 Å². The van der Waals surface area contributed by atoms with Crippen molar-refractivity contribution in [3.63, 3.8) is 0 Å². The van der Waals surface area contributed by atoms with Crippen LogP contribution in [0.2, 0.25) is 0 Å². The molecule has 1 amide bonds. The summed E-state index contributed by atoms with van der Waals surface area (Å²) in [5.74, 6) is -0.485. The number of hydrogen-bond donors (Lipinski definition) is 2. The maximum atomic E-state index is 11.9. The van der Waals surface area contributed by atoms with E-state index < -0.39 is 16.0 Å². The fourth-order valence-electron chi connectivity index (χ4n) is 2.27. The Hall–Kier alpha value is -1.93. The minimum atomic E-state index is -3.56. The number of carbonyl (C=O) groups is 2. The molecule has 0 heterocycles. The van der Waals surface area contributed by atoms with E-state index in [-0.39, 0.29) is 35.6 Å². The molecule has 2 rings (SSSR count). The van der Waals surface area contributed by atoms with Crippen LogP contribution in [0.25, 0.3) is 0 Å². The molecule has 1 saturated carbocycles. The highest BCUT2D eigenvalue weighted by molar-refractivity contribution is 7.89. The van der Waals surface area contributed by atoms with Gasteiger partial charge in [0.05, 0.1) is 10.5 Å². The summed E-state index contributed by atoms with van der Waals surface area (Å²) in [6.07, 6.45) is 2.23. The summed E-state index contributed by atoms with van der Waals surface area (Å²) < 4.78 is 30.9. The molecule has 0 saturated heterocycles. The lowest BCUT2D eigenvalue weighted by Gasteiger charge is -2.12. The predicted octanol–water partition coefficient (Wildman–Crippen LogP) is 1.06. The minimum absolute atomic E-state index is 0.0666. The topological polar surface area (TPSA) is 102 Å². The second kappa shape index (κ2) is 7.76. The van der Waals surface area contributed by atoms with Gasteiger partial charge in [-0.05, 0) is 49.9 Å². The van der Waals surface area contributed by atoms with Gasteiger partial charge >= 0.3 is 5.97 Å². The number of nitrogens with one attached hydrogen (secondary N) is 2. The summed E-state index contributed by atoms with van der Waals surface area (Å²) >= 11 is 0. The molecule has 1 atom stereocenters. The van der Waals surface area contributed by atoms with Crippen molar-refractivity contribution in [2.75, 3.05) is 13.2 Å². The summed E-state index contributed by atoms with van der Waals surface area (Å²) in [4.78, 5) is 23.7. The highest BCUT2D eigenvalue weighted by atomic mass is 32.2. The number of amides is 1. The van der Waals surface area contributed by atoms with Gasteiger partial charge in [-0.25, -0.2) is 17.9 Å². The van der Waals surface area contributed by atoms with Crippen LogP contribution in [0.5, 0.6) is 0 Å². The quantitative estimate of drug-likeness (QED) is 0.680. The first-order valence-corrected chi connectivity index (χ1v) is 9.38. The van der Waals surface area contributed by atoms with Gasteiger partial charge < -0.3 is 10.1 Å². The number of esters is 1. The maximum Gasteiger partial charge on any atom is 0.338 e. The number of rotatable bonds is 8. The maximum absolute atomic E-state index is 11.9. The molecule has 1 aliphatic carbocycles. The van der Waals surface area contributed by atoms with Crippen molar-refractivity contribution in [3.05, 3.63) is 29.8 Å². The second-order valence-corrected chi connectivity index (χ2v) is 7.56. The highest BCUT2D eigenvalue weighted by Gasteiger charge is 2.29. The number of carbonyl (C=O) groups excluding carboxylic acids is 2. The minimum Gasteiger partial charge on any atom is -0.452 e. The van der Waals surface area contributed by atoms with Crippen LogP contribution in [0.3, 0.4) is 0 Å². The van der Waals surface area contributed by atoms with Gasteiger partial charge in [-0.15, -0.1) is 0 Å².